The normalized spacial score (nSPS) is 16.1. The molecule has 0 bridgehead atoms. The standard InChI is InChI=1S/C50H65N8O6SSi/c1-33-45(65-32-53-33)35-23-21-34(22-24-35)26-52-49(64)66-31-37(59)30-58(66)48(63)46(50(2,3)4)54-43(61)19-13-11-9-7-5-6-8-10-12-14-20-44(62)57-28-36(29-57)40-27-51-47-39(40)25-41(55-56-47)38-17-15-16-18-42(38)60/h15-18,21-25,27,32,36-37,46,59-60H,5-14,19-20,26,28-31H2,1-4H3,(H,51,56)(H,52,64)(H,54,61)/t37-,46+/m0/s1. The third kappa shape index (κ3) is 12.3. The van der Waals surface area contributed by atoms with Crippen LogP contribution in [0.3, 0.4) is 0 Å². The molecule has 2 atom stereocenters. The van der Waals surface area contributed by atoms with Crippen LogP contribution in [0.2, 0.25) is 6.04 Å². The number of carbonyl (C=O) groups excluding carboxylic acids is 4. The van der Waals surface area contributed by atoms with Gasteiger partial charge in [-0.15, -0.1) is 21.5 Å². The number of aliphatic hydroxyl groups is 1. The Balaban J connectivity index is 0.733. The zero-order chi connectivity index (χ0) is 46.8. The molecule has 3 aromatic heterocycles. The number of H-pyrrole nitrogens is 1. The van der Waals surface area contributed by atoms with E-state index in [0.29, 0.717) is 49.4 Å². The number of rotatable bonds is 21. The molecule has 7 rings (SSSR count). The lowest BCUT2D eigenvalue weighted by Gasteiger charge is -2.39. The van der Waals surface area contributed by atoms with Crippen LogP contribution in [0.25, 0.3) is 32.7 Å². The van der Waals surface area contributed by atoms with Crippen molar-refractivity contribution in [1.29, 1.82) is 0 Å². The number of phenolic OH excluding ortho intramolecular Hbond substituents is 1. The van der Waals surface area contributed by atoms with Gasteiger partial charge in [-0.3, -0.25) is 19.2 Å². The van der Waals surface area contributed by atoms with Gasteiger partial charge >= 0.3 is 0 Å². The molecule has 5 aromatic rings. The number of phenols is 1. The molecule has 0 saturated carbocycles. The van der Waals surface area contributed by atoms with Crippen molar-refractivity contribution < 1.29 is 29.4 Å². The van der Waals surface area contributed by atoms with Crippen molar-refractivity contribution in [2.75, 3.05) is 19.6 Å². The third-order valence-corrected chi connectivity index (χ3v) is 16.5. The van der Waals surface area contributed by atoms with E-state index in [9.17, 15) is 29.4 Å². The first-order chi connectivity index (χ1) is 31.8. The van der Waals surface area contributed by atoms with Gasteiger partial charge in [-0.1, -0.05) is 109 Å². The molecule has 1 radical (unpaired) electrons. The topological polar surface area (TPSA) is 194 Å². The number of benzene rings is 2. The van der Waals surface area contributed by atoms with E-state index < -0.39 is 26.5 Å². The second-order valence-corrected chi connectivity index (χ2v) is 22.2. The number of fused-ring (bicyclic) bond motifs is 1. The Morgan fingerprint density at radius 2 is 1.56 bits per heavy atom. The summed E-state index contributed by atoms with van der Waals surface area (Å²) in [4.78, 5) is 64.2. The van der Waals surface area contributed by atoms with Gasteiger partial charge in [0.25, 0.3) is 8.96 Å². The predicted molar refractivity (Wildman–Crippen MR) is 260 cm³/mol. The van der Waals surface area contributed by atoms with Gasteiger partial charge in [0.15, 0.2) is 5.65 Å². The summed E-state index contributed by atoms with van der Waals surface area (Å²) in [5.41, 5.74) is 7.09. The van der Waals surface area contributed by atoms with Gasteiger partial charge in [-0.25, -0.2) is 4.98 Å². The summed E-state index contributed by atoms with van der Waals surface area (Å²) in [5, 5.41) is 36.5. The molecule has 2 aromatic carbocycles. The van der Waals surface area contributed by atoms with Gasteiger partial charge in [-0.2, -0.15) is 0 Å². The zero-order valence-electron chi connectivity index (χ0n) is 38.8. The maximum Gasteiger partial charge on any atom is 0.286 e. The summed E-state index contributed by atoms with van der Waals surface area (Å²) in [5.74, 6) is 0.145. The average Bonchev–Trinajstić information content (AvgIpc) is 4.02. The van der Waals surface area contributed by atoms with Crippen LogP contribution in [0.5, 0.6) is 5.75 Å². The first-order valence-corrected chi connectivity index (χ1v) is 26.1. The van der Waals surface area contributed by atoms with Crippen LogP contribution < -0.4 is 10.6 Å². The SMILES string of the molecule is Cc1ncsc1-c1ccc(CNC(=O)[Si]2C[C@@H](O)CN2C(=O)[C@@H](NC(=O)CCCCCCCCCCCCC(=O)N2CC(c3c[nH]c4nnc(-c5ccccc5O)cc34)C2)C(C)(C)C)cc1. The molecule has 0 unspecified atom stereocenters. The first kappa shape index (κ1) is 48.5. The van der Waals surface area contributed by atoms with E-state index in [1.807, 2.05) is 86.8 Å². The smallest absolute Gasteiger partial charge is 0.286 e. The molecule has 16 heteroatoms. The number of likely N-dealkylation sites (tertiary alicyclic amines) is 1. The molecular formula is C50H65N8O6SSi. The Hall–Kier alpha value is -5.45. The summed E-state index contributed by atoms with van der Waals surface area (Å²) in [6, 6.07) is 16.5. The van der Waals surface area contributed by atoms with E-state index in [1.165, 1.54) is 4.57 Å². The molecule has 5 heterocycles. The van der Waals surface area contributed by atoms with Crippen LogP contribution >= 0.6 is 11.3 Å². The fraction of sp³-hybridized carbons (Fsp3) is 0.500. The largest absolute Gasteiger partial charge is 0.507 e. The van der Waals surface area contributed by atoms with Gasteiger partial charge < -0.3 is 35.3 Å². The molecule has 351 valence electrons. The van der Waals surface area contributed by atoms with Crippen molar-refractivity contribution in [3.05, 3.63) is 83.1 Å². The van der Waals surface area contributed by atoms with E-state index in [-0.39, 0.29) is 47.5 Å². The number of carbonyl (C=O) groups is 4. The second-order valence-electron chi connectivity index (χ2n) is 19.1. The van der Waals surface area contributed by atoms with Crippen molar-refractivity contribution in [1.82, 2.24) is 40.3 Å². The van der Waals surface area contributed by atoms with Gasteiger partial charge in [0, 0.05) is 62.1 Å². The number of nitrogens with zero attached hydrogens (tertiary/aromatic N) is 5. The van der Waals surface area contributed by atoms with Crippen LogP contribution in [-0.4, -0.2) is 104 Å². The van der Waals surface area contributed by atoms with Crippen LogP contribution in [0, 0.1) is 12.3 Å². The number of unbranched alkanes of at least 4 members (excludes halogenated alkanes) is 9. The number of aromatic nitrogens is 4. The summed E-state index contributed by atoms with van der Waals surface area (Å²) >= 11 is 1.59. The van der Waals surface area contributed by atoms with Crippen molar-refractivity contribution in [2.45, 2.75) is 135 Å². The van der Waals surface area contributed by atoms with Crippen molar-refractivity contribution in [3.63, 3.8) is 0 Å². The third-order valence-electron chi connectivity index (χ3n) is 12.9. The van der Waals surface area contributed by atoms with Crippen LogP contribution in [0.1, 0.15) is 121 Å². The van der Waals surface area contributed by atoms with Crippen LogP contribution in [0.4, 0.5) is 4.79 Å². The number of thiazole rings is 1. The predicted octanol–water partition coefficient (Wildman–Crippen LogP) is 8.59. The Kier molecular flexibility index (Phi) is 16.4. The Labute approximate surface area is 393 Å². The number of nitrogens with one attached hydrogen (secondary N) is 3. The highest BCUT2D eigenvalue weighted by Crippen LogP contribution is 2.35. The van der Waals surface area contributed by atoms with Gasteiger partial charge in [0.2, 0.25) is 23.3 Å². The molecule has 5 N–H and O–H groups in total. The van der Waals surface area contributed by atoms with Crippen molar-refractivity contribution in [3.8, 4) is 27.4 Å². The minimum Gasteiger partial charge on any atom is -0.507 e. The number of aromatic amines is 1. The van der Waals surface area contributed by atoms with Crippen LogP contribution in [0.15, 0.2) is 66.3 Å². The number of para-hydroxylation sites is 1. The minimum absolute atomic E-state index is 0.0850. The number of aryl methyl sites for hydroxylation is 1. The monoisotopic (exact) mass is 933 g/mol. The molecule has 4 amide bonds. The highest BCUT2D eigenvalue weighted by atomic mass is 32.1. The molecular weight excluding hydrogens is 869 g/mol. The fourth-order valence-electron chi connectivity index (χ4n) is 8.95. The van der Waals surface area contributed by atoms with Gasteiger partial charge in [-0.05, 0) is 66.1 Å². The molecule has 2 saturated heterocycles. The number of aliphatic hydroxyl groups excluding tert-OH is 1. The molecule has 66 heavy (non-hydrogen) atoms. The number of amides is 4. The molecule has 0 aliphatic carbocycles. The number of aromatic hydroxyl groups is 1. The van der Waals surface area contributed by atoms with E-state index in [1.54, 1.807) is 23.5 Å². The lowest BCUT2D eigenvalue weighted by Crippen LogP contribution is -2.59. The molecule has 2 aliphatic heterocycles. The van der Waals surface area contributed by atoms with E-state index in [4.69, 9.17) is 0 Å². The van der Waals surface area contributed by atoms with Crippen molar-refractivity contribution in [2.24, 2.45) is 5.41 Å². The summed E-state index contributed by atoms with van der Waals surface area (Å²) < 4.78 is 1.54. The number of β-amino-alcohol motifs (C(OH)–C–C–N with tert-alkyl or cyclic N) is 1. The molecule has 14 nitrogen and oxygen atoms in total. The summed E-state index contributed by atoms with van der Waals surface area (Å²) in [6.07, 6.45) is 12.5. The molecule has 2 fully saturated rings. The maximum atomic E-state index is 14.0. The van der Waals surface area contributed by atoms with Gasteiger partial charge in [0.05, 0.1) is 27.9 Å². The summed E-state index contributed by atoms with van der Waals surface area (Å²) in [6.45, 7) is 9.51. The molecule has 0 spiro atoms. The van der Waals surface area contributed by atoms with Crippen molar-refractivity contribution >= 4 is 54.6 Å². The highest BCUT2D eigenvalue weighted by Gasteiger charge is 2.46. The Morgan fingerprint density at radius 1 is 0.894 bits per heavy atom. The Bertz CT molecular complexity index is 2440. The number of hydrogen-bond donors (Lipinski definition) is 5. The first-order valence-electron chi connectivity index (χ1n) is 23.6. The highest BCUT2D eigenvalue weighted by molar-refractivity contribution is 7.13. The lowest BCUT2D eigenvalue weighted by atomic mass is 9.86. The summed E-state index contributed by atoms with van der Waals surface area (Å²) in [7, 11) is -2.10. The number of hydrogen-bond acceptors (Lipinski definition) is 10. The van der Waals surface area contributed by atoms with E-state index >= 15 is 0 Å². The average molecular weight is 934 g/mol. The maximum absolute atomic E-state index is 14.0. The van der Waals surface area contributed by atoms with E-state index in [2.05, 4.69) is 30.8 Å². The quantitative estimate of drug-likeness (QED) is 0.0354. The minimum atomic E-state index is -2.10. The Morgan fingerprint density at radius 3 is 2.21 bits per heavy atom. The van der Waals surface area contributed by atoms with E-state index in [0.717, 1.165) is 96.9 Å². The second kappa shape index (κ2) is 22.4. The molecule has 2 aliphatic rings. The lowest BCUT2D eigenvalue weighted by molar-refractivity contribution is -0.136. The fourth-order valence-corrected chi connectivity index (χ4v) is 12.1. The van der Waals surface area contributed by atoms with Crippen LogP contribution in [-0.2, 0) is 20.9 Å². The van der Waals surface area contributed by atoms with Gasteiger partial charge in [0.1, 0.15) is 11.8 Å². The zero-order valence-corrected chi connectivity index (χ0v) is 40.6.